The molecule has 0 bridgehead atoms. The minimum atomic E-state index is -1.29. The SMILES string of the molecule is COc1cc(C(=O)NNC(=O)CN2C(=O)N[C@@](C)(c3ccccc3)C2=O)cc(OC)c1OC. The molecule has 0 aromatic heterocycles. The van der Waals surface area contributed by atoms with E-state index < -0.39 is 35.8 Å². The Balaban J connectivity index is 1.65. The minimum Gasteiger partial charge on any atom is -0.493 e. The molecule has 2 aromatic rings. The Bertz CT molecular complexity index is 1060. The number of carbonyl (C=O) groups excluding carboxylic acids is 4. The Morgan fingerprint density at radius 2 is 1.58 bits per heavy atom. The molecule has 2 aromatic carbocycles. The second-order valence-corrected chi connectivity index (χ2v) is 7.23. The van der Waals surface area contributed by atoms with Crippen molar-refractivity contribution in [1.29, 1.82) is 0 Å². The van der Waals surface area contributed by atoms with E-state index in [-0.39, 0.29) is 17.1 Å². The summed E-state index contributed by atoms with van der Waals surface area (Å²) in [5.74, 6) is -1.20. The van der Waals surface area contributed by atoms with Crippen LogP contribution in [0.4, 0.5) is 4.79 Å². The molecule has 3 N–H and O–H groups in total. The van der Waals surface area contributed by atoms with Gasteiger partial charge in [-0.25, -0.2) is 4.79 Å². The van der Waals surface area contributed by atoms with Crippen LogP contribution in [0.15, 0.2) is 42.5 Å². The molecule has 0 aliphatic carbocycles. The van der Waals surface area contributed by atoms with Crippen molar-refractivity contribution in [2.45, 2.75) is 12.5 Å². The van der Waals surface area contributed by atoms with Crippen LogP contribution >= 0.6 is 0 Å². The molecule has 0 unspecified atom stereocenters. The number of carbonyl (C=O) groups is 4. The summed E-state index contributed by atoms with van der Waals surface area (Å²) >= 11 is 0. The zero-order valence-corrected chi connectivity index (χ0v) is 18.6. The van der Waals surface area contributed by atoms with Crippen LogP contribution in [0, 0.1) is 0 Å². The summed E-state index contributed by atoms with van der Waals surface area (Å²) in [6, 6.07) is 10.8. The molecule has 5 amide bonds. The van der Waals surface area contributed by atoms with Crippen LogP contribution in [0.1, 0.15) is 22.8 Å². The molecule has 1 aliphatic heterocycles. The van der Waals surface area contributed by atoms with Crippen molar-refractivity contribution < 1.29 is 33.4 Å². The lowest BCUT2D eigenvalue weighted by Gasteiger charge is -2.22. The highest BCUT2D eigenvalue weighted by molar-refractivity contribution is 6.09. The van der Waals surface area contributed by atoms with Gasteiger partial charge < -0.3 is 19.5 Å². The molecule has 11 nitrogen and oxygen atoms in total. The lowest BCUT2D eigenvalue weighted by atomic mass is 9.92. The molecule has 0 spiro atoms. The highest BCUT2D eigenvalue weighted by Gasteiger charge is 2.49. The number of nitrogens with one attached hydrogen (secondary N) is 3. The summed E-state index contributed by atoms with van der Waals surface area (Å²) in [4.78, 5) is 50.9. The number of hydrogen-bond donors (Lipinski definition) is 3. The molecule has 0 radical (unpaired) electrons. The molecule has 1 fully saturated rings. The van der Waals surface area contributed by atoms with E-state index in [1.807, 2.05) is 0 Å². The average molecular weight is 456 g/mol. The molecule has 33 heavy (non-hydrogen) atoms. The lowest BCUT2D eigenvalue weighted by Crippen LogP contribution is -2.48. The molecule has 3 rings (SSSR count). The van der Waals surface area contributed by atoms with E-state index in [1.165, 1.54) is 33.5 Å². The van der Waals surface area contributed by atoms with Crippen molar-refractivity contribution in [3.05, 3.63) is 53.6 Å². The molecule has 174 valence electrons. The number of methoxy groups -OCH3 is 3. The number of amides is 5. The molecule has 0 saturated carbocycles. The number of nitrogens with zero attached hydrogens (tertiary/aromatic N) is 1. The minimum absolute atomic E-state index is 0.122. The van der Waals surface area contributed by atoms with Gasteiger partial charge in [0.2, 0.25) is 5.75 Å². The second-order valence-electron chi connectivity index (χ2n) is 7.23. The predicted molar refractivity (Wildman–Crippen MR) is 116 cm³/mol. The third-order valence-electron chi connectivity index (χ3n) is 5.17. The number of hydrazine groups is 1. The van der Waals surface area contributed by atoms with Crippen LogP contribution < -0.4 is 30.4 Å². The number of hydrogen-bond acceptors (Lipinski definition) is 7. The first-order valence-corrected chi connectivity index (χ1v) is 9.84. The summed E-state index contributed by atoms with van der Waals surface area (Å²) < 4.78 is 15.6. The molecule has 11 heteroatoms. The Morgan fingerprint density at radius 3 is 2.12 bits per heavy atom. The van der Waals surface area contributed by atoms with E-state index in [4.69, 9.17) is 14.2 Å². The Kier molecular flexibility index (Phi) is 6.71. The van der Waals surface area contributed by atoms with Crippen molar-refractivity contribution in [2.24, 2.45) is 0 Å². The largest absolute Gasteiger partial charge is 0.493 e. The van der Waals surface area contributed by atoms with Crippen LogP contribution in [-0.4, -0.2) is 56.5 Å². The zero-order chi connectivity index (χ0) is 24.2. The van der Waals surface area contributed by atoms with Crippen molar-refractivity contribution in [3.8, 4) is 17.2 Å². The predicted octanol–water partition coefficient (Wildman–Crippen LogP) is 0.941. The van der Waals surface area contributed by atoms with Gasteiger partial charge in [0.15, 0.2) is 11.5 Å². The number of rotatable bonds is 7. The van der Waals surface area contributed by atoms with E-state index in [0.717, 1.165) is 4.90 Å². The van der Waals surface area contributed by atoms with E-state index >= 15 is 0 Å². The summed E-state index contributed by atoms with van der Waals surface area (Å²) in [5.41, 5.74) is 3.84. The molecule has 1 heterocycles. The standard InChI is InChI=1S/C22H24N4O7/c1-22(14-8-6-5-7-9-14)20(29)26(21(30)23-22)12-17(27)24-25-19(28)13-10-15(31-2)18(33-4)16(11-13)32-3/h5-11H,12H2,1-4H3,(H,23,30)(H,24,27)(H,25,28)/t22-/m0/s1. The van der Waals surface area contributed by atoms with Crippen molar-refractivity contribution in [3.63, 3.8) is 0 Å². The summed E-state index contributed by atoms with van der Waals surface area (Å²) in [6.45, 7) is 0.981. The van der Waals surface area contributed by atoms with Crippen LogP contribution in [-0.2, 0) is 15.1 Å². The van der Waals surface area contributed by atoms with Crippen LogP contribution in [0.2, 0.25) is 0 Å². The maximum Gasteiger partial charge on any atom is 0.325 e. The van der Waals surface area contributed by atoms with Gasteiger partial charge in [0.05, 0.1) is 21.3 Å². The number of benzene rings is 2. The van der Waals surface area contributed by atoms with Crippen LogP contribution in [0.3, 0.4) is 0 Å². The van der Waals surface area contributed by atoms with E-state index in [9.17, 15) is 19.2 Å². The van der Waals surface area contributed by atoms with Gasteiger partial charge in [-0.3, -0.25) is 30.1 Å². The van der Waals surface area contributed by atoms with Gasteiger partial charge in [0, 0.05) is 5.56 Å². The van der Waals surface area contributed by atoms with Gasteiger partial charge in [0.25, 0.3) is 17.7 Å². The first kappa shape index (κ1) is 23.4. The Hall–Kier alpha value is -4.28. The topological polar surface area (TPSA) is 135 Å². The Morgan fingerprint density at radius 1 is 0.970 bits per heavy atom. The lowest BCUT2D eigenvalue weighted by molar-refractivity contribution is -0.135. The van der Waals surface area contributed by atoms with Crippen molar-refractivity contribution >= 4 is 23.8 Å². The van der Waals surface area contributed by atoms with Crippen LogP contribution in [0.25, 0.3) is 0 Å². The van der Waals surface area contributed by atoms with E-state index in [2.05, 4.69) is 16.2 Å². The van der Waals surface area contributed by atoms with Crippen LogP contribution in [0.5, 0.6) is 17.2 Å². The quantitative estimate of drug-likeness (QED) is 0.417. The van der Waals surface area contributed by atoms with Gasteiger partial charge in [-0.2, -0.15) is 0 Å². The zero-order valence-electron chi connectivity index (χ0n) is 18.6. The third-order valence-corrected chi connectivity index (χ3v) is 5.17. The molecular weight excluding hydrogens is 432 g/mol. The summed E-state index contributed by atoms with van der Waals surface area (Å²) in [6.07, 6.45) is 0. The van der Waals surface area contributed by atoms with Crippen molar-refractivity contribution in [1.82, 2.24) is 21.1 Å². The summed E-state index contributed by atoms with van der Waals surface area (Å²) in [5, 5.41) is 2.61. The fraction of sp³-hybridized carbons (Fsp3) is 0.273. The van der Waals surface area contributed by atoms with Gasteiger partial charge in [0.1, 0.15) is 12.1 Å². The fourth-order valence-electron chi connectivity index (χ4n) is 3.40. The van der Waals surface area contributed by atoms with Gasteiger partial charge in [-0.15, -0.1) is 0 Å². The monoisotopic (exact) mass is 456 g/mol. The maximum atomic E-state index is 12.9. The number of ether oxygens (including phenoxy) is 3. The first-order valence-electron chi connectivity index (χ1n) is 9.84. The van der Waals surface area contributed by atoms with E-state index in [0.29, 0.717) is 11.3 Å². The van der Waals surface area contributed by atoms with Gasteiger partial charge in [-0.1, -0.05) is 30.3 Å². The average Bonchev–Trinajstić information content (AvgIpc) is 3.05. The third kappa shape index (κ3) is 4.52. The number of imide groups is 1. The first-order chi connectivity index (χ1) is 15.7. The van der Waals surface area contributed by atoms with Crippen molar-refractivity contribution in [2.75, 3.05) is 27.9 Å². The molecule has 1 saturated heterocycles. The van der Waals surface area contributed by atoms with Gasteiger partial charge >= 0.3 is 6.03 Å². The molecule has 1 atom stereocenters. The summed E-state index contributed by atoms with van der Waals surface area (Å²) in [7, 11) is 4.24. The van der Waals surface area contributed by atoms with E-state index in [1.54, 1.807) is 37.3 Å². The molecule has 1 aliphatic rings. The normalized spacial score (nSPS) is 17.3. The highest BCUT2D eigenvalue weighted by Crippen LogP contribution is 2.38. The maximum absolute atomic E-state index is 12.9. The second kappa shape index (κ2) is 9.47. The fourth-order valence-corrected chi connectivity index (χ4v) is 3.40. The smallest absolute Gasteiger partial charge is 0.325 e. The highest BCUT2D eigenvalue weighted by atomic mass is 16.5. The van der Waals surface area contributed by atoms with Gasteiger partial charge in [-0.05, 0) is 24.6 Å². The molecular formula is C22H24N4O7. The Labute approximate surface area is 189 Å². The number of urea groups is 1.